The van der Waals surface area contributed by atoms with Crippen LogP contribution in [0, 0.1) is 0 Å². The van der Waals surface area contributed by atoms with Crippen molar-refractivity contribution in [2.45, 2.75) is 18.6 Å². The van der Waals surface area contributed by atoms with Gasteiger partial charge in [0.05, 0.1) is 6.04 Å². The first-order valence-electron chi connectivity index (χ1n) is 9.23. The summed E-state index contributed by atoms with van der Waals surface area (Å²) in [5, 5.41) is 6.11. The molecule has 26 heavy (non-hydrogen) atoms. The standard InChI is InChI=1S/C20H22ClN3O2/c21-14-5-6-20-18(11-14)24-17(16-3-1-2-4-19(16)25-20)12-15(26-24)13-23-9-7-22-8-10-23/h1-6,11,15,17,22H,7-10,12-13H2. The Bertz CT molecular complexity index is 809. The molecule has 136 valence electrons. The molecule has 2 saturated heterocycles. The quantitative estimate of drug-likeness (QED) is 0.872. The van der Waals surface area contributed by atoms with Crippen LogP contribution < -0.4 is 15.1 Å². The Morgan fingerprint density at radius 1 is 1.08 bits per heavy atom. The minimum atomic E-state index is 0.138. The van der Waals surface area contributed by atoms with E-state index in [2.05, 4.69) is 22.3 Å². The molecule has 3 aliphatic rings. The fourth-order valence-corrected chi connectivity index (χ4v) is 4.27. The highest BCUT2D eigenvalue weighted by atomic mass is 35.5. The second-order valence-corrected chi connectivity index (χ2v) is 7.54. The summed E-state index contributed by atoms with van der Waals surface area (Å²) in [6.07, 6.45) is 1.10. The molecule has 5 rings (SSSR count). The van der Waals surface area contributed by atoms with Crippen LogP contribution in [0.4, 0.5) is 5.69 Å². The third kappa shape index (κ3) is 2.95. The highest BCUT2D eigenvalue weighted by molar-refractivity contribution is 6.30. The zero-order valence-electron chi connectivity index (χ0n) is 14.5. The summed E-state index contributed by atoms with van der Waals surface area (Å²) in [6.45, 7) is 5.21. The molecule has 5 nitrogen and oxygen atoms in total. The first-order valence-corrected chi connectivity index (χ1v) is 9.61. The summed E-state index contributed by atoms with van der Waals surface area (Å²) in [7, 11) is 0. The Kier molecular flexibility index (Phi) is 4.25. The second kappa shape index (κ2) is 6.74. The number of hydrogen-bond donors (Lipinski definition) is 1. The summed E-state index contributed by atoms with van der Waals surface area (Å²) in [5.41, 5.74) is 2.07. The van der Waals surface area contributed by atoms with Crippen molar-refractivity contribution in [1.82, 2.24) is 10.2 Å². The minimum Gasteiger partial charge on any atom is -0.455 e. The number of para-hydroxylation sites is 1. The number of benzene rings is 2. The van der Waals surface area contributed by atoms with Gasteiger partial charge in [0.15, 0.2) is 5.75 Å². The molecule has 2 fully saturated rings. The van der Waals surface area contributed by atoms with Gasteiger partial charge in [0.1, 0.15) is 17.5 Å². The number of nitrogens with zero attached hydrogens (tertiary/aromatic N) is 2. The summed E-state index contributed by atoms with van der Waals surface area (Å²) in [6, 6.07) is 14.1. The van der Waals surface area contributed by atoms with Crippen molar-refractivity contribution in [3.63, 3.8) is 0 Å². The zero-order valence-corrected chi connectivity index (χ0v) is 15.3. The van der Waals surface area contributed by atoms with E-state index in [9.17, 15) is 0 Å². The van der Waals surface area contributed by atoms with Gasteiger partial charge in [0, 0.05) is 49.7 Å². The fourth-order valence-electron chi connectivity index (χ4n) is 4.11. The van der Waals surface area contributed by atoms with E-state index in [0.717, 1.165) is 56.3 Å². The van der Waals surface area contributed by atoms with E-state index in [1.165, 1.54) is 5.56 Å². The Labute approximate surface area is 158 Å². The van der Waals surface area contributed by atoms with Gasteiger partial charge in [-0.3, -0.25) is 9.74 Å². The van der Waals surface area contributed by atoms with Gasteiger partial charge in [-0.25, -0.2) is 5.06 Å². The molecule has 0 saturated carbocycles. The number of nitrogens with one attached hydrogen (secondary N) is 1. The average molecular weight is 372 g/mol. The largest absolute Gasteiger partial charge is 0.455 e. The lowest BCUT2D eigenvalue weighted by atomic mass is 10.00. The van der Waals surface area contributed by atoms with Gasteiger partial charge in [0.2, 0.25) is 0 Å². The molecule has 2 aromatic carbocycles. The summed E-state index contributed by atoms with van der Waals surface area (Å²) in [5.74, 6) is 1.68. The molecule has 2 atom stereocenters. The van der Waals surface area contributed by atoms with Crippen molar-refractivity contribution in [3.05, 3.63) is 53.1 Å². The zero-order chi connectivity index (χ0) is 17.5. The third-order valence-corrected chi connectivity index (χ3v) is 5.59. The first-order chi connectivity index (χ1) is 12.8. The summed E-state index contributed by atoms with van der Waals surface area (Å²) >= 11 is 6.27. The van der Waals surface area contributed by atoms with Crippen molar-refractivity contribution in [2.24, 2.45) is 0 Å². The van der Waals surface area contributed by atoms with Crippen molar-refractivity contribution in [1.29, 1.82) is 0 Å². The van der Waals surface area contributed by atoms with Crippen molar-refractivity contribution in [3.8, 4) is 11.5 Å². The van der Waals surface area contributed by atoms with E-state index < -0.39 is 0 Å². The Morgan fingerprint density at radius 2 is 1.92 bits per heavy atom. The summed E-state index contributed by atoms with van der Waals surface area (Å²) in [4.78, 5) is 8.90. The maximum atomic E-state index is 6.42. The van der Waals surface area contributed by atoms with E-state index in [4.69, 9.17) is 21.2 Å². The Morgan fingerprint density at radius 3 is 2.81 bits per heavy atom. The summed E-state index contributed by atoms with van der Waals surface area (Å²) < 4.78 is 6.18. The fraction of sp³-hybridized carbons (Fsp3) is 0.400. The molecular weight excluding hydrogens is 350 g/mol. The number of halogens is 1. The topological polar surface area (TPSA) is 37.0 Å². The minimum absolute atomic E-state index is 0.138. The van der Waals surface area contributed by atoms with Crippen LogP contribution in [0.3, 0.4) is 0 Å². The Hall–Kier alpha value is -1.79. The molecule has 2 unspecified atom stereocenters. The molecule has 0 amide bonds. The van der Waals surface area contributed by atoms with E-state index in [1.807, 2.05) is 35.4 Å². The molecule has 0 spiro atoms. The predicted molar refractivity (Wildman–Crippen MR) is 102 cm³/mol. The normalized spacial score (nSPS) is 25.0. The molecule has 0 aromatic heterocycles. The van der Waals surface area contributed by atoms with Crippen LogP contribution in [0.5, 0.6) is 11.5 Å². The van der Waals surface area contributed by atoms with Gasteiger partial charge < -0.3 is 10.1 Å². The molecule has 3 heterocycles. The van der Waals surface area contributed by atoms with Crippen LogP contribution in [0.25, 0.3) is 0 Å². The van der Waals surface area contributed by atoms with Crippen LogP contribution in [0.2, 0.25) is 5.02 Å². The number of fused-ring (bicyclic) bond motifs is 5. The average Bonchev–Trinajstić information content (AvgIpc) is 3.03. The van der Waals surface area contributed by atoms with E-state index in [-0.39, 0.29) is 12.1 Å². The Balaban J connectivity index is 1.48. The maximum absolute atomic E-state index is 6.42. The molecule has 2 aromatic rings. The molecule has 1 N–H and O–H groups in total. The molecule has 0 aliphatic carbocycles. The first kappa shape index (κ1) is 16.4. The molecule has 0 bridgehead atoms. The van der Waals surface area contributed by atoms with Gasteiger partial charge in [-0.05, 0) is 24.3 Å². The van der Waals surface area contributed by atoms with Crippen molar-refractivity contribution < 1.29 is 9.57 Å². The van der Waals surface area contributed by atoms with Gasteiger partial charge in [0.25, 0.3) is 0 Å². The van der Waals surface area contributed by atoms with E-state index >= 15 is 0 Å². The van der Waals surface area contributed by atoms with E-state index in [1.54, 1.807) is 0 Å². The smallest absolute Gasteiger partial charge is 0.153 e. The number of rotatable bonds is 2. The third-order valence-electron chi connectivity index (χ3n) is 5.36. The van der Waals surface area contributed by atoms with Crippen LogP contribution in [-0.4, -0.2) is 43.7 Å². The van der Waals surface area contributed by atoms with E-state index in [0.29, 0.717) is 5.02 Å². The van der Waals surface area contributed by atoms with Crippen LogP contribution in [0.1, 0.15) is 18.0 Å². The highest BCUT2D eigenvalue weighted by Crippen LogP contribution is 2.49. The molecule has 0 radical (unpaired) electrons. The number of anilines is 1. The number of ether oxygens (including phenoxy) is 1. The number of piperazine rings is 1. The van der Waals surface area contributed by atoms with Gasteiger partial charge in [-0.2, -0.15) is 0 Å². The van der Waals surface area contributed by atoms with Crippen LogP contribution >= 0.6 is 11.6 Å². The lowest BCUT2D eigenvalue weighted by Crippen LogP contribution is -2.46. The SMILES string of the molecule is Clc1ccc2c(c1)N1OC(CN3CCNCC3)CC1c1ccccc1O2. The molecule has 6 heteroatoms. The van der Waals surface area contributed by atoms with Crippen LogP contribution in [-0.2, 0) is 4.84 Å². The monoisotopic (exact) mass is 371 g/mol. The van der Waals surface area contributed by atoms with Crippen molar-refractivity contribution in [2.75, 3.05) is 37.8 Å². The lowest BCUT2D eigenvalue weighted by molar-refractivity contribution is 0.0502. The number of hydrogen-bond acceptors (Lipinski definition) is 5. The second-order valence-electron chi connectivity index (χ2n) is 7.11. The highest BCUT2D eigenvalue weighted by Gasteiger charge is 2.40. The van der Waals surface area contributed by atoms with Crippen LogP contribution in [0.15, 0.2) is 42.5 Å². The van der Waals surface area contributed by atoms with Gasteiger partial charge in [-0.1, -0.05) is 29.8 Å². The maximum Gasteiger partial charge on any atom is 0.153 e. The van der Waals surface area contributed by atoms with Crippen molar-refractivity contribution >= 4 is 17.3 Å². The molecule has 3 aliphatic heterocycles. The molecular formula is C20H22ClN3O2. The van der Waals surface area contributed by atoms with Gasteiger partial charge in [-0.15, -0.1) is 0 Å². The van der Waals surface area contributed by atoms with Gasteiger partial charge >= 0.3 is 0 Å². The lowest BCUT2D eigenvalue weighted by Gasteiger charge is -2.29. The number of hydroxylamine groups is 1. The predicted octanol–water partition coefficient (Wildman–Crippen LogP) is 3.60.